The third kappa shape index (κ3) is 2.61. The van der Waals surface area contributed by atoms with Crippen molar-refractivity contribution in [1.29, 1.82) is 0 Å². The van der Waals surface area contributed by atoms with Crippen LogP contribution in [0.5, 0.6) is 0 Å². The fourth-order valence-electron chi connectivity index (χ4n) is 1.85. The Bertz CT molecular complexity index is 791. The molecule has 1 aromatic carbocycles. The number of aromatic nitrogens is 3. The SMILES string of the molecule is O=C(CCn1c(=O)sc2ccccc21)Nc1nncs1. The van der Waals surface area contributed by atoms with Crippen molar-refractivity contribution in [2.75, 3.05) is 5.32 Å². The van der Waals surface area contributed by atoms with Gasteiger partial charge in [-0.25, -0.2) is 0 Å². The highest BCUT2D eigenvalue weighted by Crippen LogP contribution is 2.16. The van der Waals surface area contributed by atoms with Crippen LogP contribution < -0.4 is 10.2 Å². The molecule has 0 saturated carbocycles. The van der Waals surface area contributed by atoms with Crippen LogP contribution in [0.2, 0.25) is 0 Å². The number of thiazole rings is 1. The van der Waals surface area contributed by atoms with E-state index in [1.54, 1.807) is 10.1 Å². The first-order valence-corrected chi connectivity index (χ1v) is 7.58. The number of anilines is 1. The largest absolute Gasteiger partial charge is 0.308 e. The highest BCUT2D eigenvalue weighted by Gasteiger charge is 2.09. The summed E-state index contributed by atoms with van der Waals surface area (Å²) < 4.78 is 2.56. The molecule has 0 aliphatic heterocycles. The highest BCUT2D eigenvalue weighted by atomic mass is 32.1. The quantitative estimate of drug-likeness (QED) is 0.799. The van der Waals surface area contributed by atoms with Gasteiger partial charge in [-0.05, 0) is 12.1 Å². The number of nitrogens with one attached hydrogen (secondary N) is 1. The van der Waals surface area contributed by atoms with Gasteiger partial charge in [0.25, 0.3) is 0 Å². The van der Waals surface area contributed by atoms with E-state index < -0.39 is 0 Å². The monoisotopic (exact) mass is 306 g/mol. The molecule has 0 aliphatic carbocycles. The Labute approximate surface area is 121 Å². The lowest BCUT2D eigenvalue weighted by Crippen LogP contribution is -2.19. The molecule has 6 nitrogen and oxygen atoms in total. The van der Waals surface area contributed by atoms with Crippen molar-refractivity contribution >= 4 is 43.9 Å². The minimum Gasteiger partial charge on any atom is -0.300 e. The molecule has 1 N–H and O–H groups in total. The Morgan fingerprint density at radius 3 is 3.00 bits per heavy atom. The molecule has 0 atom stereocenters. The number of nitrogens with zero attached hydrogens (tertiary/aromatic N) is 3. The summed E-state index contributed by atoms with van der Waals surface area (Å²) in [6, 6.07) is 7.56. The van der Waals surface area contributed by atoms with Crippen molar-refractivity contribution in [2.45, 2.75) is 13.0 Å². The first kappa shape index (κ1) is 12.9. The smallest absolute Gasteiger partial charge is 0.300 e. The minimum atomic E-state index is -0.177. The molecule has 0 bridgehead atoms. The van der Waals surface area contributed by atoms with Crippen LogP contribution in [-0.4, -0.2) is 20.7 Å². The van der Waals surface area contributed by atoms with E-state index >= 15 is 0 Å². The van der Waals surface area contributed by atoms with Crippen LogP contribution in [0.3, 0.4) is 0 Å². The van der Waals surface area contributed by atoms with Crippen LogP contribution in [0.25, 0.3) is 10.2 Å². The second-order valence-corrected chi connectivity index (χ2v) is 5.86. The van der Waals surface area contributed by atoms with Crippen LogP contribution >= 0.6 is 22.7 Å². The summed E-state index contributed by atoms with van der Waals surface area (Å²) in [5.41, 5.74) is 2.41. The van der Waals surface area contributed by atoms with Gasteiger partial charge in [-0.2, -0.15) is 0 Å². The maximum Gasteiger partial charge on any atom is 0.308 e. The first-order valence-electron chi connectivity index (χ1n) is 5.88. The number of hydrogen-bond donors (Lipinski definition) is 1. The summed E-state index contributed by atoms with van der Waals surface area (Å²) in [5.74, 6) is -0.177. The Morgan fingerprint density at radius 2 is 2.20 bits per heavy atom. The van der Waals surface area contributed by atoms with Gasteiger partial charge >= 0.3 is 4.87 Å². The summed E-state index contributed by atoms with van der Waals surface area (Å²) >= 11 is 2.45. The van der Waals surface area contributed by atoms with Crippen molar-refractivity contribution < 1.29 is 4.79 Å². The van der Waals surface area contributed by atoms with E-state index in [-0.39, 0.29) is 17.2 Å². The molecule has 3 aromatic rings. The third-order valence-corrected chi connectivity index (χ3v) is 4.31. The lowest BCUT2D eigenvalue weighted by atomic mass is 10.3. The summed E-state index contributed by atoms with van der Waals surface area (Å²) in [6.45, 7) is 0.355. The molecule has 0 radical (unpaired) electrons. The molecular formula is C12H10N4O2S2. The van der Waals surface area contributed by atoms with Gasteiger partial charge in [0.1, 0.15) is 5.51 Å². The standard InChI is InChI=1S/C12H10N4O2S2/c17-10(14-11-15-13-7-19-11)5-6-16-8-3-1-2-4-9(8)20-12(16)18/h1-4,7H,5-6H2,(H,14,15,17). The predicted octanol–water partition coefficient (Wildman–Crippen LogP) is 1.94. The number of hydrogen-bond acceptors (Lipinski definition) is 6. The average molecular weight is 306 g/mol. The fourth-order valence-corrected chi connectivity index (χ4v) is 3.23. The summed E-state index contributed by atoms with van der Waals surface area (Å²) in [4.78, 5) is 23.6. The molecule has 0 fully saturated rings. The van der Waals surface area contributed by atoms with E-state index in [0.29, 0.717) is 11.7 Å². The third-order valence-electron chi connectivity index (χ3n) is 2.74. The molecule has 0 aliphatic rings. The average Bonchev–Trinajstić information content (AvgIpc) is 3.03. The molecule has 0 unspecified atom stereocenters. The molecule has 20 heavy (non-hydrogen) atoms. The maximum atomic E-state index is 11.9. The second-order valence-electron chi connectivity index (χ2n) is 4.03. The fraction of sp³-hybridized carbons (Fsp3) is 0.167. The first-order chi connectivity index (χ1) is 9.74. The number of amides is 1. The molecule has 0 saturated heterocycles. The zero-order valence-electron chi connectivity index (χ0n) is 10.3. The van der Waals surface area contributed by atoms with Gasteiger partial charge in [0.2, 0.25) is 11.0 Å². The maximum absolute atomic E-state index is 11.9. The van der Waals surface area contributed by atoms with Crippen LogP contribution in [0.4, 0.5) is 5.13 Å². The van der Waals surface area contributed by atoms with E-state index in [0.717, 1.165) is 10.2 Å². The van der Waals surface area contributed by atoms with Crippen molar-refractivity contribution in [3.8, 4) is 0 Å². The minimum absolute atomic E-state index is 0.0464. The van der Waals surface area contributed by atoms with E-state index in [9.17, 15) is 9.59 Å². The molecule has 1 amide bonds. The number of carbonyl (C=O) groups excluding carboxylic acids is 1. The molecule has 102 valence electrons. The highest BCUT2D eigenvalue weighted by molar-refractivity contribution is 7.16. The molecule has 2 heterocycles. The number of para-hydroxylation sites is 1. The summed E-state index contributed by atoms with van der Waals surface area (Å²) in [6.07, 6.45) is 0.222. The summed E-state index contributed by atoms with van der Waals surface area (Å²) in [7, 11) is 0. The Morgan fingerprint density at radius 1 is 1.35 bits per heavy atom. The van der Waals surface area contributed by atoms with Crippen LogP contribution in [0.15, 0.2) is 34.6 Å². The van der Waals surface area contributed by atoms with Gasteiger partial charge < -0.3 is 5.32 Å². The molecule has 8 heteroatoms. The predicted molar refractivity (Wildman–Crippen MR) is 79.2 cm³/mol. The Hall–Kier alpha value is -2.06. The van der Waals surface area contributed by atoms with Gasteiger partial charge in [-0.1, -0.05) is 34.8 Å². The van der Waals surface area contributed by atoms with Crippen LogP contribution in [-0.2, 0) is 11.3 Å². The molecule has 3 rings (SSSR count). The normalized spacial score (nSPS) is 10.8. The zero-order valence-corrected chi connectivity index (χ0v) is 11.9. The van der Waals surface area contributed by atoms with Gasteiger partial charge in [-0.15, -0.1) is 10.2 Å². The van der Waals surface area contributed by atoms with E-state index in [2.05, 4.69) is 15.5 Å². The van der Waals surface area contributed by atoms with Crippen LogP contribution in [0.1, 0.15) is 6.42 Å². The van der Waals surface area contributed by atoms with E-state index in [1.807, 2.05) is 24.3 Å². The van der Waals surface area contributed by atoms with E-state index in [4.69, 9.17) is 0 Å². The lowest BCUT2D eigenvalue weighted by Gasteiger charge is -2.03. The topological polar surface area (TPSA) is 76.9 Å². The molecule has 0 spiro atoms. The number of carbonyl (C=O) groups is 1. The lowest BCUT2D eigenvalue weighted by molar-refractivity contribution is -0.116. The van der Waals surface area contributed by atoms with E-state index in [1.165, 1.54) is 22.7 Å². The van der Waals surface area contributed by atoms with Crippen LogP contribution in [0, 0.1) is 0 Å². The second kappa shape index (κ2) is 5.51. The van der Waals surface area contributed by atoms with Crippen molar-refractivity contribution in [2.24, 2.45) is 0 Å². The molecule has 2 aromatic heterocycles. The Kier molecular flexibility index (Phi) is 3.57. The summed E-state index contributed by atoms with van der Waals surface area (Å²) in [5, 5.41) is 10.5. The molecular weight excluding hydrogens is 296 g/mol. The van der Waals surface area contributed by atoms with Crippen molar-refractivity contribution in [3.05, 3.63) is 39.4 Å². The number of benzene rings is 1. The number of fused-ring (bicyclic) bond motifs is 1. The number of aryl methyl sites for hydroxylation is 1. The number of rotatable bonds is 4. The van der Waals surface area contributed by atoms with Crippen molar-refractivity contribution in [1.82, 2.24) is 14.8 Å². The Balaban J connectivity index is 1.72. The van der Waals surface area contributed by atoms with Gasteiger partial charge in [0, 0.05) is 13.0 Å². The van der Waals surface area contributed by atoms with Gasteiger partial charge in [0.05, 0.1) is 10.2 Å². The zero-order chi connectivity index (χ0) is 13.9. The van der Waals surface area contributed by atoms with Gasteiger partial charge in [0.15, 0.2) is 0 Å². The van der Waals surface area contributed by atoms with Crippen molar-refractivity contribution in [3.63, 3.8) is 0 Å². The van der Waals surface area contributed by atoms with Gasteiger partial charge in [-0.3, -0.25) is 14.2 Å².